The number of nitrogens with zero attached hydrogens (tertiary/aromatic N) is 2. The van der Waals surface area contributed by atoms with Crippen LogP contribution in [0.4, 0.5) is 4.79 Å². The molecule has 1 aliphatic heterocycles. The molecule has 8 heteroatoms. The second-order valence-electron chi connectivity index (χ2n) is 7.75. The summed E-state index contributed by atoms with van der Waals surface area (Å²) in [5.41, 5.74) is 4.46. The van der Waals surface area contributed by atoms with Gasteiger partial charge in [-0.1, -0.05) is 28.1 Å². The first kappa shape index (κ1) is 22.5. The molecule has 1 N–H and O–H groups in total. The van der Waals surface area contributed by atoms with Gasteiger partial charge in [0.2, 0.25) is 0 Å². The fourth-order valence-corrected chi connectivity index (χ4v) is 3.94. The van der Waals surface area contributed by atoms with Crippen LogP contribution in [-0.2, 0) is 16.2 Å². The standard InChI is InChI=1S/C25H22BrN3O4/c1-15-12-18(13-22-23(30)27-25(32)28(3)24(22)31)16(2)29(15)20-8-10-21(11-9-20)33-14-17-4-6-19(26)7-5-17/h4-13H,14H2,1-3H3,(H,27,30,32)/b22-13-. The summed E-state index contributed by atoms with van der Waals surface area (Å²) in [6.07, 6.45) is 1.52. The highest BCUT2D eigenvalue weighted by molar-refractivity contribution is 9.10. The van der Waals surface area contributed by atoms with E-state index in [0.717, 1.165) is 43.3 Å². The number of carbonyl (C=O) groups excluding carboxylic acids is 3. The highest BCUT2D eigenvalue weighted by Crippen LogP contribution is 2.25. The van der Waals surface area contributed by atoms with Crippen LogP contribution in [0.5, 0.6) is 5.75 Å². The Morgan fingerprint density at radius 2 is 1.67 bits per heavy atom. The van der Waals surface area contributed by atoms with Gasteiger partial charge >= 0.3 is 6.03 Å². The molecule has 0 spiro atoms. The van der Waals surface area contributed by atoms with Gasteiger partial charge in [0, 0.05) is 28.6 Å². The number of imide groups is 2. The molecule has 0 unspecified atom stereocenters. The molecular weight excluding hydrogens is 486 g/mol. The average molecular weight is 508 g/mol. The zero-order valence-electron chi connectivity index (χ0n) is 18.4. The lowest BCUT2D eigenvalue weighted by Gasteiger charge is -2.22. The molecule has 0 saturated carbocycles. The molecule has 3 aromatic rings. The molecule has 1 fully saturated rings. The highest BCUT2D eigenvalue weighted by atomic mass is 79.9. The molecule has 168 valence electrons. The Labute approximate surface area is 199 Å². The number of likely N-dealkylation sites (N-methyl/N-ethyl adjacent to an activating group) is 1. The molecule has 2 heterocycles. The summed E-state index contributed by atoms with van der Waals surface area (Å²) >= 11 is 3.42. The van der Waals surface area contributed by atoms with E-state index < -0.39 is 17.8 Å². The van der Waals surface area contributed by atoms with Crippen molar-refractivity contribution < 1.29 is 19.1 Å². The van der Waals surface area contributed by atoms with Gasteiger partial charge < -0.3 is 9.30 Å². The number of benzene rings is 2. The largest absolute Gasteiger partial charge is 0.489 e. The second-order valence-corrected chi connectivity index (χ2v) is 8.67. The van der Waals surface area contributed by atoms with Crippen LogP contribution >= 0.6 is 15.9 Å². The van der Waals surface area contributed by atoms with Gasteiger partial charge in [-0.15, -0.1) is 0 Å². The zero-order chi connectivity index (χ0) is 23.7. The molecule has 7 nitrogen and oxygen atoms in total. The molecule has 0 atom stereocenters. The lowest BCUT2D eigenvalue weighted by molar-refractivity contribution is -0.129. The molecule has 0 bridgehead atoms. The van der Waals surface area contributed by atoms with Gasteiger partial charge in [-0.05, 0) is 73.5 Å². The molecule has 1 aromatic heterocycles. The van der Waals surface area contributed by atoms with Gasteiger partial charge in [0.05, 0.1) is 0 Å². The Morgan fingerprint density at radius 3 is 2.33 bits per heavy atom. The summed E-state index contributed by atoms with van der Waals surface area (Å²) in [4.78, 5) is 37.1. The molecule has 4 amide bonds. The van der Waals surface area contributed by atoms with Crippen LogP contribution in [0, 0.1) is 13.8 Å². The first-order chi connectivity index (χ1) is 15.7. The number of hydrogen-bond donors (Lipinski definition) is 1. The Morgan fingerprint density at radius 1 is 1.00 bits per heavy atom. The van der Waals surface area contributed by atoms with E-state index in [0.29, 0.717) is 6.61 Å². The van der Waals surface area contributed by atoms with E-state index in [2.05, 4.69) is 21.2 Å². The average Bonchev–Trinajstić information content (AvgIpc) is 3.08. The number of rotatable bonds is 5. The van der Waals surface area contributed by atoms with E-state index in [-0.39, 0.29) is 5.57 Å². The van der Waals surface area contributed by atoms with Crippen LogP contribution in [0.25, 0.3) is 11.8 Å². The summed E-state index contributed by atoms with van der Waals surface area (Å²) in [6.45, 7) is 4.34. The van der Waals surface area contributed by atoms with E-state index in [9.17, 15) is 14.4 Å². The molecule has 0 radical (unpaired) electrons. The van der Waals surface area contributed by atoms with Crippen molar-refractivity contribution >= 4 is 39.9 Å². The monoisotopic (exact) mass is 507 g/mol. The SMILES string of the molecule is Cc1cc(/C=C2/C(=O)NC(=O)N(C)C2=O)c(C)n1-c1ccc(OCc2ccc(Br)cc2)cc1. The fraction of sp³-hybridized carbons (Fsp3) is 0.160. The minimum absolute atomic E-state index is 0.0750. The predicted octanol–water partition coefficient (Wildman–Crippen LogP) is 4.53. The highest BCUT2D eigenvalue weighted by Gasteiger charge is 2.33. The third-order valence-corrected chi connectivity index (χ3v) is 6.02. The summed E-state index contributed by atoms with van der Waals surface area (Å²) in [7, 11) is 1.33. The van der Waals surface area contributed by atoms with Gasteiger partial charge in [-0.2, -0.15) is 0 Å². The second kappa shape index (κ2) is 9.07. The van der Waals surface area contributed by atoms with Gasteiger partial charge in [0.1, 0.15) is 17.9 Å². The molecule has 1 saturated heterocycles. The molecule has 33 heavy (non-hydrogen) atoms. The minimum Gasteiger partial charge on any atom is -0.489 e. The van der Waals surface area contributed by atoms with Crippen molar-refractivity contribution in [3.8, 4) is 11.4 Å². The third kappa shape index (κ3) is 4.61. The lowest BCUT2D eigenvalue weighted by atomic mass is 10.1. The van der Waals surface area contributed by atoms with Crippen molar-refractivity contribution in [2.75, 3.05) is 7.05 Å². The Kier molecular flexibility index (Phi) is 6.20. The smallest absolute Gasteiger partial charge is 0.331 e. The van der Waals surface area contributed by atoms with E-state index in [1.165, 1.54) is 13.1 Å². The van der Waals surface area contributed by atoms with Crippen molar-refractivity contribution in [2.24, 2.45) is 0 Å². The van der Waals surface area contributed by atoms with E-state index in [1.807, 2.05) is 73.0 Å². The molecule has 4 rings (SSSR count). The summed E-state index contributed by atoms with van der Waals surface area (Å²) in [5, 5.41) is 2.17. The van der Waals surface area contributed by atoms with Crippen LogP contribution in [0.2, 0.25) is 0 Å². The van der Waals surface area contributed by atoms with E-state index in [1.54, 1.807) is 0 Å². The number of urea groups is 1. The number of barbiturate groups is 1. The van der Waals surface area contributed by atoms with Gasteiger partial charge in [0.15, 0.2) is 0 Å². The van der Waals surface area contributed by atoms with Gasteiger partial charge in [0.25, 0.3) is 11.8 Å². The van der Waals surface area contributed by atoms with Crippen LogP contribution in [0.15, 0.2) is 64.6 Å². The first-order valence-electron chi connectivity index (χ1n) is 10.3. The third-order valence-electron chi connectivity index (χ3n) is 5.49. The topological polar surface area (TPSA) is 80.6 Å². The number of aryl methyl sites for hydroxylation is 1. The summed E-state index contributed by atoms with van der Waals surface area (Å²) < 4.78 is 8.94. The van der Waals surface area contributed by atoms with Crippen molar-refractivity contribution in [1.82, 2.24) is 14.8 Å². The molecular formula is C25H22BrN3O4. The summed E-state index contributed by atoms with van der Waals surface area (Å²) in [5.74, 6) is -0.565. The van der Waals surface area contributed by atoms with Crippen molar-refractivity contribution in [2.45, 2.75) is 20.5 Å². The maximum absolute atomic E-state index is 12.4. The zero-order valence-corrected chi connectivity index (χ0v) is 20.0. The van der Waals surface area contributed by atoms with Crippen LogP contribution in [-0.4, -0.2) is 34.4 Å². The molecule has 2 aromatic carbocycles. The van der Waals surface area contributed by atoms with Gasteiger partial charge in [-0.3, -0.25) is 19.8 Å². The predicted molar refractivity (Wildman–Crippen MR) is 128 cm³/mol. The number of amides is 4. The van der Waals surface area contributed by atoms with Crippen molar-refractivity contribution in [3.05, 3.63) is 87.2 Å². The number of ether oxygens (including phenoxy) is 1. The van der Waals surface area contributed by atoms with Crippen molar-refractivity contribution in [3.63, 3.8) is 0 Å². The quantitative estimate of drug-likeness (QED) is 0.406. The Bertz CT molecular complexity index is 1270. The van der Waals surface area contributed by atoms with Crippen LogP contribution in [0.1, 0.15) is 22.5 Å². The Hall–Kier alpha value is -3.65. The Balaban J connectivity index is 1.55. The number of aromatic nitrogens is 1. The number of halogens is 1. The van der Waals surface area contributed by atoms with E-state index in [4.69, 9.17) is 4.74 Å². The fourth-order valence-electron chi connectivity index (χ4n) is 3.67. The molecule has 1 aliphatic rings. The summed E-state index contributed by atoms with van der Waals surface area (Å²) in [6, 6.07) is 16.9. The number of carbonyl (C=O) groups is 3. The van der Waals surface area contributed by atoms with E-state index >= 15 is 0 Å². The van der Waals surface area contributed by atoms with Crippen LogP contribution < -0.4 is 10.1 Å². The minimum atomic E-state index is -0.727. The number of nitrogens with one attached hydrogen (secondary N) is 1. The molecule has 0 aliphatic carbocycles. The first-order valence-corrected chi connectivity index (χ1v) is 11.1. The maximum Gasteiger partial charge on any atom is 0.331 e. The van der Waals surface area contributed by atoms with Crippen molar-refractivity contribution in [1.29, 1.82) is 0 Å². The van der Waals surface area contributed by atoms with Crippen LogP contribution in [0.3, 0.4) is 0 Å². The normalized spacial score (nSPS) is 15.2. The van der Waals surface area contributed by atoms with Gasteiger partial charge in [-0.25, -0.2) is 4.79 Å². The maximum atomic E-state index is 12.4. The number of hydrogen-bond acceptors (Lipinski definition) is 4. The lowest BCUT2D eigenvalue weighted by Crippen LogP contribution is -2.52.